The predicted molar refractivity (Wildman–Crippen MR) is 54.6 cm³/mol. The van der Waals surface area contributed by atoms with Crippen molar-refractivity contribution in [1.29, 1.82) is 0 Å². The van der Waals surface area contributed by atoms with Crippen molar-refractivity contribution >= 4 is 5.82 Å². The zero-order valence-electron chi connectivity index (χ0n) is 7.61. The third kappa shape index (κ3) is 2.31. The Morgan fingerprint density at radius 2 is 2.31 bits per heavy atom. The summed E-state index contributed by atoms with van der Waals surface area (Å²) in [5.41, 5.74) is 0. The Kier molecular flexibility index (Phi) is 2.60. The minimum absolute atomic E-state index is 0.569. The van der Waals surface area contributed by atoms with Gasteiger partial charge in [-0.15, -0.1) is 0 Å². The van der Waals surface area contributed by atoms with Crippen molar-refractivity contribution in [3.63, 3.8) is 0 Å². The molecule has 0 bridgehead atoms. The smallest absolute Gasteiger partial charge is 0.126 e. The second-order valence-electron chi connectivity index (χ2n) is 3.34. The summed E-state index contributed by atoms with van der Waals surface area (Å²) in [4.78, 5) is 4.24. The van der Waals surface area contributed by atoms with Gasteiger partial charge in [0.1, 0.15) is 5.82 Å². The van der Waals surface area contributed by atoms with Crippen LogP contribution in [-0.4, -0.2) is 11.0 Å². The summed E-state index contributed by atoms with van der Waals surface area (Å²) in [6.07, 6.45) is 9.83. The number of rotatable bonds is 2. The molecule has 1 aliphatic rings. The molecule has 0 amide bonds. The average molecular weight is 174 g/mol. The minimum atomic E-state index is 0.569. The maximum Gasteiger partial charge on any atom is 0.126 e. The van der Waals surface area contributed by atoms with E-state index in [2.05, 4.69) is 22.5 Å². The van der Waals surface area contributed by atoms with Crippen molar-refractivity contribution < 1.29 is 0 Å². The molecule has 13 heavy (non-hydrogen) atoms. The average Bonchev–Trinajstić information content (AvgIpc) is 2.21. The van der Waals surface area contributed by atoms with Gasteiger partial charge in [0, 0.05) is 12.2 Å². The molecular weight excluding hydrogens is 160 g/mol. The number of anilines is 1. The monoisotopic (exact) mass is 174 g/mol. The molecule has 1 aromatic heterocycles. The SMILES string of the molecule is C1=CCC(Nc2ccccn2)CC1. The Labute approximate surface area is 78.7 Å². The zero-order valence-corrected chi connectivity index (χ0v) is 7.61. The van der Waals surface area contributed by atoms with Crippen LogP contribution < -0.4 is 5.32 Å². The first-order valence-corrected chi connectivity index (χ1v) is 4.78. The van der Waals surface area contributed by atoms with Crippen LogP contribution in [0.4, 0.5) is 5.82 Å². The van der Waals surface area contributed by atoms with Gasteiger partial charge in [-0.3, -0.25) is 0 Å². The molecule has 1 atom stereocenters. The Bertz CT molecular complexity index is 279. The van der Waals surface area contributed by atoms with Crippen molar-refractivity contribution in [3.05, 3.63) is 36.5 Å². The van der Waals surface area contributed by atoms with Gasteiger partial charge in [-0.05, 0) is 31.4 Å². The summed E-state index contributed by atoms with van der Waals surface area (Å²) in [5, 5.41) is 3.42. The lowest BCUT2D eigenvalue weighted by Crippen LogP contribution is -2.20. The molecule has 0 spiro atoms. The molecule has 68 valence electrons. The number of hydrogen-bond acceptors (Lipinski definition) is 2. The number of aromatic nitrogens is 1. The second-order valence-corrected chi connectivity index (χ2v) is 3.34. The highest BCUT2D eigenvalue weighted by atomic mass is 15.0. The van der Waals surface area contributed by atoms with Crippen LogP contribution in [0.5, 0.6) is 0 Å². The van der Waals surface area contributed by atoms with Gasteiger partial charge in [0.2, 0.25) is 0 Å². The fourth-order valence-electron chi connectivity index (χ4n) is 1.58. The quantitative estimate of drug-likeness (QED) is 0.697. The molecule has 0 saturated heterocycles. The standard InChI is InChI=1S/C11H14N2/c1-2-6-10(7-3-1)13-11-8-4-5-9-12-11/h1-2,4-5,8-10H,3,6-7H2,(H,12,13). The van der Waals surface area contributed by atoms with Gasteiger partial charge in [0.25, 0.3) is 0 Å². The van der Waals surface area contributed by atoms with Crippen LogP contribution in [0.15, 0.2) is 36.5 Å². The Morgan fingerprint density at radius 1 is 1.31 bits per heavy atom. The molecule has 0 radical (unpaired) electrons. The summed E-state index contributed by atoms with van der Waals surface area (Å²) < 4.78 is 0. The lowest BCUT2D eigenvalue weighted by molar-refractivity contribution is 0.642. The van der Waals surface area contributed by atoms with E-state index in [1.165, 1.54) is 12.8 Å². The molecule has 1 aromatic rings. The molecule has 0 aliphatic heterocycles. The third-order valence-electron chi connectivity index (χ3n) is 2.29. The molecule has 1 unspecified atom stereocenters. The normalized spacial score (nSPS) is 21.4. The fraction of sp³-hybridized carbons (Fsp3) is 0.364. The van der Waals surface area contributed by atoms with Crippen molar-refractivity contribution in [2.45, 2.75) is 25.3 Å². The van der Waals surface area contributed by atoms with E-state index in [9.17, 15) is 0 Å². The van der Waals surface area contributed by atoms with Gasteiger partial charge < -0.3 is 5.32 Å². The molecule has 1 aliphatic carbocycles. The highest BCUT2D eigenvalue weighted by Crippen LogP contribution is 2.14. The Hall–Kier alpha value is -1.31. The second kappa shape index (κ2) is 4.08. The zero-order chi connectivity index (χ0) is 8.93. The van der Waals surface area contributed by atoms with Crippen LogP contribution in [0, 0.1) is 0 Å². The molecule has 1 heterocycles. The predicted octanol–water partition coefficient (Wildman–Crippen LogP) is 2.60. The molecule has 2 heteroatoms. The van der Waals surface area contributed by atoms with Crippen molar-refractivity contribution in [2.24, 2.45) is 0 Å². The first kappa shape index (κ1) is 8.30. The summed E-state index contributed by atoms with van der Waals surface area (Å²) in [6, 6.07) is 6.53. The van der Waals surface area contributed by atoms with Gasteiger partial charge in [-0.2, -0.15) is 0 Å². The molecule has 0 saturated carbocycles. The maximum absolute atomic E-state index is 4.24. The first-order chi connectivity index (χ1) is 6.45. The van der Waals surface area contributed by atoms with E-state index in [1.54, 1.807) is 0 Å². The lowest BCUT2D eigenvalue weighted by Gasteiger charge is -2.19. The van der Waals surface area contributed by atoms with E-state index in [0.717, 1.165) is 12.2 Å². The van der Waals surface area contributed by atoms with Crippen molar-refractivity contribution in [2.75, 3.05) is 5.32 Å². The minimum Gasteiger partial charge on any atom is -0.367 e. The molecule has 2 nitrogen and oxygen atoms in total. The molecular formula is C11H14N2. The van der Waals surface area contributed by atoms with Gasteiger partial charge in [-0.1, -0.05) is 18.2 Å². The van der Waals surface area contributed by atoms with E-state index in [0.29, 0.717) is 6.04 Å². The third-order valence-corrected chi connectivity index (χ3v) is 2.29. The van der Waals surface area contributed by atoms with Crippen LogP contribution in [-0.2, 0) is 0 Å². The molecule has 1 N–H and O–H groups in total. The molecule has 0 fully saturated rings. The van der Waals surface area contributed by atoms with Crippen LogP contribution in [0.2, 0.25) is 0 Å². The van der Waals surface area contributed by atoms with Gasteiger partial charge >= 0.3 is 0 Å². The highest BCUT2D eigenvalue weighted by molar-refractivity contribution is 5.34. The van der Waals surface area contributed by atoms with E-state index >= 15 is 0 Å². The van der Waals surface area contributed by atoms with E-state index in [-0.39, 0.29) is 0 Å². The van der Waals surface area contributed by atoms with Gasteiger partial charge in [0.05, 0.1) is 0 Å². The number of nitrogens with zero attached hydrogens (tertiary/aromatic N) is 1. The van der Waals surface area contributed by atoms with Crippen molar-refractivity contribution in [1.82, 2.24) is 4.98 Å². The Morgan fingerprint density at radius 3 is 3.00 bits per heavy atom. The van der Waals surface area contributed by atoms with Crippen LogP contribution in [0.1, 0.15) is 19.3 Å². The van der Waals surface area contributed by atoms with Crippen LogP contribution in [0.25, 0.3) is 0 Å². The van der Waals surface area contributed by atoms with E-state index in [4.69, 9.17) is 0 Å². The number of pyridine rings is 1. The molecule has 0 aromatic carbocycles. The lowest BCUT2D eigenvalue weighted by atomic mass is 10.0. The first-order valence-electron chi connectivity index (χ1n) is 4.78. The van der Waals surface area contributed by atoms with Crippen LogP contribution >= 0.6 is 0 Å². The van der Waals surface area contributed by atoms with E-state index < -0.39 is 0 Å². The summed E-state index contributed by atoms with van der Waals surface area (Å²) in [5.74, 6) is 0.989. The summed E-state index contributed by atoms with van der Waals surface area (Å²) >= 11 is 0. The Balaban J connectivity index is 1.94. The number of hydrogen-bond donors (Lipinski definition) is 1. The van der Waals surface area contributed by atoms with Gasteiger partial charge in [0.15, 0.2) is 0 Å². The van der Waals surface area contributed by atoms with Crippen molar-refractivity contribution in [3.8, 4) is 0 Å². The largest absolute Gasteiger partial charge is 0.367 e. The topological polar surface area (TPSA) is 24.9 Å². The number of nitrogens with one attached hydrogen (secondary N) is 1. The van der Waals surface area contributed by atoms with Gasteiger partial charge in [-0.25, -0.2) is 4.98 Å². The summed E-state index contributed by atoms with van der Waals surface area (Å²) in [7, 11) is 0. The maximum atomic E-state index is 4.24. The summed E-state index contributed by atoms with van der Waals surface area (Å²) in [6.45, 7) is 0. The highest BCUT2D eigenvalue weighted by Gasteiger charge is 2.08. The molecule has 2 rings (SSSR count). The van der Waals surface area contributed by atoms with E-state index in [1.807, 2.05) is 24.4 Å². The number of allylic oxidation sites excluding steroid dienone is 1. The fourth-order valence-corrected chi connectivity index (χ4v) is 1.58. The van der Waals surface area contributed by atoms with Crippen LogP contribution in [0.3, 0.4) is 0 Å².